The molecule has 3 aliphatic rings. The van der Waals surface area contributed by atoms with Gasteiger partial charge in [0.15, 0.2) is 5.69 Å². The van der Waals surface area contributed by atoms with E-state index in [4.69, 9.17) is 6.57 Å². The van der Waals surface area contributed by atoms with Crippen molar-refractivity contribution in [1.29, 1.82) is 0 Å². The molecule has 25 heavy (non-hydrogen) atoms. The summed E-state index contributed by atoms with van der Waals surface area (Å²) >= 11 is 0. The van der Waals surface area contributed by atoms with Gasteiger partial charge in [0.05, 0.1) is 6.57 Å². The average Bonchev–Trinajstić information content (AvgIpc) is 3.10. The molecule has 1 N–H and O–H groups in total. The fraction of sp³-hybridized carbons (Fsp3) is 0.409. The van der Waals surface area contributed by atoms with Crippen LogP contribution in [0.25, 0.3) is 16.0 Å². The molecule has 3 heterocycles. The fourth-order valence-corrected chi connectivity index (χ4v) is 5.10. The normalized spacial score (nSPS) is 23.8. The van der Waals surface area contributed by atoms with Gasteiger partial charge in [-0.1, -0.05) is 23.8 Å². The maximum Gasteiger partial charge on any atom is 0.187 e. The highest BCUT2D eigenvalue weighted by Crippen LogP contribution is 2.46. The van der Waals surface area contributed by atoms with Crippen LogP contribution in [-0.2, 0) is 6.42 Å². The van der Waals surface area contributed by atoms with Crippen molar-refractivity contribution < 1.29 is 0 Å². The van der Waals surface area contributed by atoms with Gasteiger partial charge in [0.2, 0.25) is 0 Å². The molecule has 0 saturated carbocycles. The fourth-order valence-electron chi connectivity index (χ4n) is 5.10. The first-order chi connectivity index (χ1) is 12.2. The number of hydrogen-bond donors (Lipinski definition) is 1. The van der Waals surface area contributed by atoms with Crippen molar-refractivity contribution in [2.75, 3.05) is 31.1 Å². The standard InChI is InChI=1S/C22H23N3/c1-14-8-18(23-2)5-6-19(14)16-9-15-4-3-7-25-13-17-11-24-12-21(17)20(10-16)22(15)25/h5-6,8-10,17,21,24H,3-4,7,11-13H2,1H3/t17-,21-/m1/s1. The van der Waals surface area contributed by atoms with Gasteiger partial charge in [-0.2, -0.15) is 0 Å². The van der Waals surface area contributed by atoms with E-state index in [0.717, 1.165) is 24.7 Å². The molecule has 0 spiro atoms. The van der Waals surface area contributed by atoms with E-state index in [1.807, 2.05) is 12.1 Å². The van der Waals surface area contributed by atoms with Gasteiger partial charge in [-0.05, 0) is 60.1 Å². The minimum Gasteiger partial charge on any atom is -0.371 e. The zero-order valence-electron chi connectivity index (χ0n) is 14.7. The van der Waals surface area contributed by atoms with Crippen LogP contribution in [0.5, 0.6) is 0 Å². The quantitative estimate of drug-likeness (QED) is 0.788. The molecule has 3 heteroatoms. The van der Waals surface area contributed by atoms with E-state index >= 15 is 0 Å². The van der Waals surface area contributed by atoms with E-state index in [1.165, 1.54) is 53.9 Å². The summed E-state index contributed by atoms with van der Waals surface area (Å²) < 4.78 is 0. The highest BCUT2D eigenvalue weighted by atomic mass is 15.2. The Hall–Kier alpha value is -2.31. The van der Waals surface area contributed by atoms with E-state index in [1.54, 1.807) is 5.56 Å². The molecule has 1 saturated heterocycles. The lowest BCUT2D eigenvalue weighted by Gasteiger charge is -2.42. The predicted molar refractivity (Wildman–Crippen MR) is 103 cm³/mol. The van der Waals surface area contributed by atoms with Crippen LogP contribution in [-0.4, -0.2) is 26.2 Å². The first-order valence-electron chi connectivity index (χ1n) is 9.35. The summed E-state index contributed by atoms with van der Waals surface area (Å²) in [5, 5.41) is 3.62. The van der Waals surface area contributed by atoms with Crippen LogP contribution in [0, 0.1) is 19.4 Å². The van der Waals surface area contributed by atoms with Crippen molar-refractivity contribution in [3.8, 4) is 11.1 Å². The number of hydrogen-bond acceptors (Lipinski definition) is 2. The van der Waals surface area contributed by atoms with Crippen LogP contribution in [0.4, 0.5) is 11.4 Å². The van der Waals surface area contributed by atoms with E-state index in [2.05, 4.69) is 40.2 Å². The Bertz CT molecular complexity index is 893. The molecule has 0 bridgehead atoms. The molecule has 0 aliphatic carbocycles. The lowest BCUT2D eigenvalue weighted by Crippen LogP contribution is -2.40. The predicted octanol–water partition coefficient (Wildman–Crippen LogP) is 4.28. The molecule has 2 aromatic carbocycles. The van der Waals surface area contributed by atoms with Crippen LogP contribution in [0.1, 0.15) is 29.0 Å². The molecule has 1 fully saturated rings. The molecule has 0 amide bonds. The van der Waals surface area contributed by atoms with Gasteiger partial charge in [0.25, 0.3) is 0 Å². The molecular weight excluding hydrogens is 306 g/mol. The van der Waals surface area contributed by atoms with Crippen molar-refractivity contribution in [3.05, 3.63) is 58.4 Å². The highest BCUT2D eigenvalue weighted by molar-refractivity contribution is 5.77. The Balaban J connectivity index is 1.68. The SMILES string of the molecule is [C-]#[N+]c1ccc(-c2cc3c4c(c2)[C@@H]2CNC[C@@H]2CN4CCC3)c(C)c1. The number of aryl methyl sites for hydroxylation is 2. The number of fused-ring (bicyclic) bond motifs is 2. The van der Waals surface area contributed by atoms with Crippen LogP contribution >= 0.6 is 0 Å². The zero-order valence-corrected chi connectivity index (χ0v) is 14.7. The molecule has 3 nitrogen and oxygen atoms in total. The summed E-state index contributed by atoms with van der Waals surface area (Å²) in [6.45, 7) is 14.0. The molecule has 2 atom stereocenters. The van der Waals surface area contributed by atoms with Gasteiger partial charge in [-0.25, -0.2) is 4.85 Å². The van der Waals surface area contributed by atoms with Crippen LogP contribution in [0.15, 0.2) is 30.3 Å². The molecule has 3 aliphatic heterocycles. The molecular formula is C22H23N3. The van der Waals surface area contributed by atoms with Crippen LogP contribution in [0.2, 0.25) is 0 Å². The Labute approximate surface area is 149 Å². The van der Waals surface area contributed by atoms with E-state index < -0.39 is 0 Å². The topological polar surface area (TPSA) is 19.6 Å². The number of nitrogens with one attached hydrogen (secondary N) is 1. The Morgan fingerprint density at radius 1 is 1.20 bits per heavy atom. The summed E-state index contributed by atoms with van der Waals surface area (Å²) in [4.78, 5) is 6.21. The molecule has 0 unspecified atom stereocenters. The Kier molecular flexibility index (Phi) is 3.36. The molecule has 0 radical (unpaired) electrons. The molecule has 126 valence electrons. The first-order valence-corrected chi connectivity index (χ1v) is 9.35. The minimum absolute atomic E-state index is 0.658. The second-order valence-corrected chi connectivity index (χ2v) is 7.76. The largest absolute Gasteiger partial charge is 0.371 e. The van der Waals surface area contributed by atoms with E-state index in [9.17, 15) is 0 Å². The summed E-state index contributed by atoms with van der Waals surface area (Å²) in [6.07, 6.45) is 2.45. The number of rotatable bonds is 1. The van der Waals surface area contributed by atoms with Gasteiger partial charge in [-0.15, -0.1) is 0 Å². The van der Waals surface area contributed by atoms with Crippen molar-refractivity contribution in [2.24, 2.45) is 5.92 Å². The number of benzene rings is 2. The maximum atomic E-state index is 7.23. The highest BCUT2D eigenvalue weighted by Gasteiger charge is 2.38. The third-order valence-electron chi connectivity index (χ3n) is 6.25. The monoisotopic (exact) mass is 329 g/mol. The lowest BCUT2D eigenvalue weighted by atomic mass is 9.78. The summed E-state index contributed by atoms with van der Waals surface area (Å²) in [5.74, 6) is 1.41. The van der Waals surface area contributed by atoms with Gasteiger partial charge in [0, 0.05) is 37.8 Å². The summed E-state index contributed by atoms with van der Waals surface area (Å²) in [5.41, 5.74) is 9.15. The second-order valence-electron chi connectivity index (χ2n) is 7.76. The average molecular weight is 329 g/mol. The number of anilines is 1. The lowest BCUT2D eigenvalue weighted by molar-refractivity contribution is 0.470. The summed E-state index contributed by atoms with van der Waals surface area (Å²) in [7, 11) is 0. The molecule has 5 rings (SSSR count). The minimum atomic E-state index is 0.658. The molecule has 2 aromatic rings. The van der Waals surface area contributed by atoms with Crippen LogP contribution < -0.4 is 10.2 Å². The van der Waals surface area contributed by atoms with E-state index in [-0.39, 0.29) is 0 Å². The zero-order chi connectivity index (χ0) is 17.0. The maximum absolute atomic E-state index is 7.23. The third kappa shape index (κ3) is 2.28. The third-order valence-corrected chi connectivity index (χ3v) is 6.25. The van der Waals surface area contributed by atoms with Gasteiger partial charge in [0.1, 0.15) is 0 Å². The second kappa shape index (κ2) is 5.61. The van der Waals surface area contributed by atoms with Crippen molar-refractivity contribution in [2.45, 2.75) is 25.7 Å². The Morgan fingerprint density at radius 3 is 2.96 bits per heavy atom. The van der Waals surface area contributed by atoms with Gasteiger partial charge in [-0.3, -0.25) is 0 Å². The van der Waals surface area contributed by atoms with Crippen molar-refractivity contribution in [3.63, 3.8) is 0 Å². The smallest absolute Gasteiger partial charge is 0.187 e. The van der Waals surface area contributed by atoms with Gasteiger partial charge >= 0.3 is 0 Å². The Morgan fingerprint density at radius 2 is 2.12 bits per heavy atom. The summed E-state index contributed by atoms with van der Waals surface area (Å²) in [6, 6.07) is 10.9. The van der Waals surface area contributed by atoms with Gasteiger partial charge < -0.3 is 10.2 Å². The van der Waals surface area contributed by atoms with E-state index in [0.29, 0.717) is 5.92 Å². The van der Waals surface area contributed by atoms with Crippen LogP contribution in [0.3, 0.4) is 0 Å². The van der Waals surface area contributed by atoms with Crippen molar-refractivity contribution in [1.82, 2.24) is 5.32 Å². The first kappa shape index (κ1) is 15.0. The van der Waals surface area contributed by atoms with Crippen molar-refractivity contribution >= 4 is 11.4 Å². The molecule has 0 aromatic heterocycles. The number of nitrogens with zero attached hydrogens (tertiary/aromatic N) is 2.